The molecular weight excluding hydrogens is 308 g/mol. The van der Waals surface area contributed by atoms with Crippen LogP contribution in [0.4, 0.5) is 0 Å². The monoisotopic (exact) mass is 324 g/mol. The number of rotatable bonds is 0. The summed E-state index contributed by atoms with van der Waals surface area (Å²) >= 11 is 6.39. The van der Waals surface area contributed by atoms with Crippen molar-refractivity contribution in [1.29, 1.82) is 0 Å². The summed E-state index contributed by atoms with van der Waals surface area (Å²) in [4.78, 5) is 11.2. The molecule has 1 aromatic carbocycles. The van der Waals surface area contributed by atoms with Gasteiger partial charge in [0.05, 0.1) is 17.9 Å². The van der Waals surface area contributed by atoms with Crippen LogP contribution in [-0.4, -0.2) is 33.4 Å². The minimum atomic E-state index is 0.586. The smallest absolute Gasteiger partial charge is 0.135 e. The number of hydrogen-bond donors (Lipinski definition) is 0. The summed E-state index contributed by atoms with van der Waals surface area (Å²) in [7, 11) is 0. The van der Waals surface area contributed by atoms with E-state index in [0.717, 1.165) is 46.5 Å². The highest BCUT2D eigenvalue weighted by atomic mass is 35.5. The van der Waals surface area contributed by atoms with Gasteiger partial charge in [-0.2, -0.15) is 0 Å². The Kier molecular flexibility index (Phi) is 3.34. The summed E-state index contributed by atoms with van der Waals surface area (Å²) in [5.41, 5.74) is 5.46. The van der Waals surface area contributed by atoms with E-state index in [1.807, 2.05) is 29.8 Å². The molecule has 116 valence electrons. The van der Waals surface area contributed by atoms with Gasteiger partial charge in [-0.15, -0.1) is 0 Å². The Labute approximate surface area is 140 Å². The molecular formula is C18H17ClN4. The van der Waals surface area contributed by atoms with Gasteiger partial charge in [-0.1, -0.05) is 30.3 Å². The summed E-state index contributed by atoms with van der Waals surface area (Å²) in [6.45, 7) is 7.65. The molecule has 3 heterocycles. The van der Waals surface area contributed by atoms with Gasteiger partial charge in [0.15, 0.2) is 0 Å². The zero-order valence-corrected chi connectivity index (χ0v) is 13.7. The van der Waals surface area contributed by atoms with Crippen LogP contribution >= 0.6 is 11.6 Å². The van der Waals surface area contributed by atoms with Crippen molar-refractivity contribution in [2.45, 2.75) is 13.3 Å². The molecule has 4 rings (SSSR count). The Morgan fingerprint density at radius 2 is 2.17 bits per heavy atom. The van der Waals surface area contributed by atoms with E-state index in [4.69, 9.17) is 16.6 Å². The van der Waals surface area contributed by atoms with Crippen LogP contribution < -0.4 is 0 Å². The lowest BCUT2D eigenvalue weighted by Gasteiger charge is -2.33. The molecule has 2 aromatic rings. The maximum absolute atomic E-state index is 6.39. The van der Waals surface area contributed by atoms with E-state index in [-0.39, 0.29) is 0 Å². The van der Waals surface area contributed by atoms with Crippen molar-refractivity contribution in [2.75, 3.05) is 13.1 Å². The minimum absolute atomic E-state index is 0.586. The van der Waals surface area contributed by atoms with E-state index in [1.54, 1.807) is 6.33 Å². The number of hydrogen-bond acceptors (Lipinski definition) is 3. The van der Waals surface area contributed by atoms with Crippen LogP contribution in [-0.2, 0) is 6.42 Å². The molecule has 0 amide bonds. The van der Waals surface area contributed by atoms with Gasteiger partial charge in [-0.3, -0.25) is 9.56 Å². The van der Waals surface area contributed by atoms with Gasteiger partial charge in [0.25, 0.3) is 0 Å². The summed E-state index contributed by atoms with van der Waals surface area (Å²) in [6, 6.07) is 6.07. The van der Waals surface area contributed by atoms with E-state index < -0.39 is 0 Å². The highest BCUT2D eigenvalue weighted by molar-refractivity contribution is 6.31. The van der Waals surface area contributed by atoms with Crippen LogP contribution in [0.15, 0.2) is 54.1 Å². The summed E-state index contributed by atoms with van der Waals surface area (Å²) in [5, 5.41) is 0.829. The first-order valence-electron chi connectivity index (χ1n) is 7.63. The standard InChI is InChI=1S/C18H17ClN4/c1-12-10-22(11-21-12)18-8-17-15-4-3-5-16(19)14(15)6-7-23(17)13(2)9-20-18/h3-5,8,10-11H,2,6-7,9H2,1H3. The van der Waals surface area contributed by atoms with Crippen molar-refractivity contribution in [3.63, 3.8) is 0 Å². The van der Waals surface area contributed by atoms with Crippen molar-refractivity contribution in [3.8, 4) is 0 Å². The number of benzene rings is 1. The molecule has 5 heteroatoms. The lowest BCUT2D eigenvalue weighted by atomic mass is 9.95. The molecule has 0 bridgehead atoms. The third-order valence-electron chi connectivity index (χ3n) is 4.32. The Balaban J connectivity index is 1.88. The van der Waals surface area contributed by atoms with E-state index in [9.17, 15) is 0 Å². The highest BCUT2D eigenvalue weighted by Gasteiger charge is 2.26. The fraction of sp³-hybridized carbons (Fsp3) is 0.222. The first kappa shape index (κ1) is 14.3. The van der Waals surface area contributed by atoms with E-state index >= 15 is 0 Å². The SMILES string of the molecule is C=C1CN=C(n2cnc(C)c2)C=C2c3cccc(Cl)c3CCN12. The number of imidazole rings is 1. The quantitative estimate of drug-likeness (QED) is 0.743. The molecule has 0 aliphatic carbocycles. The lowest BCUT2D eigenvalue weighted by Crippen LogP contribution is -2.29. The average molecular weight is 325 g/mol. The Bertz CT molecular complexity index is 860. The van der Waals surface area contributed by atoms with Gasteiger partial charge in [-0.25, -0.2) is 4.98 Å². The van der Waals surface area contributed by atoms with Crippen molar-refractivity contribution in [2.24, 2.45) is 4.99 Å². The molecule has 0 saturated carbocycles. The van der Waals surface area contributed by atoms with E-state index in [1.165, 1.54) is 5.56 Å². The molecule has 2 aliphatic heterocycles. The minimum Gasteiger partial charge on any atom is -0.343 e. The van der Waals surface area contributed by atoms with Gasteiger partial charge in [0.1, 0.15) is 12.2 Å². The molecule has 0 unspecified atom stereocenters. The first-order valence-corrected chi connectivity index (χ1v) is 8.01. The van der Waals surface area contributed by atoms with Gasteiger partial charge < -0.3 is 4.90 Å². The number of fused-ring (bicyclic) bond motifs is 3. The highest BCUT2D eigenvalue weighted by Crippen LogP contribution is 2.35. The topological polar surface area (TPSA) is 33.4 Å². The fourth-order valence-electron chi connectivity index (χ4n) is 3.15. The van der Waals surface area contributed by atoms with Crippen LogP contribution in [0.3, 0.4) is 0 Å². The first-order chi connectivity index (χ1) is 11.1. The Morgan fingerprint density at radius 1 is 1.30 bits per heavy atom. The van der Waals surface area contributed by atoms with Crippen LogP contribution in [0.2, 0.25) is 5.02 Å². The molecule has 0 fully saturated rings. The molecule has 0 saturated heterocycles. The van der Waals surface area contributed by atoms with Gasteiger partial charge >= 0.3 is 0 Å². The molecule has 0 radical (unpaired) electrons. The molecule has 2 aliphatic rings. The number of aromatic nitrogens is 2. The molecule has 4 nitrogen and oxygen atoms in total. The maximum atomic E-state index is 6.39. The molecule has 1 aromatic heterocycles. The molecule has 0 N–H and O–H groups in total. The number of allylic oxidation sites excluding steroid dienone is 1. The largest absolute Gasteiger partial charge is 0.343 e. The van der Waals surface area contributed by atoms with Crippen LogP contribution in [0.1, 0.15) is 16.8 Å². The normalized spacial score (nSPS) is 17.1. The van der Waals surface area contributed by atoms with Gasteiger partial charge in [-0.05, 0) is 25.0 Å². The maximum Gasteiger partial charge on any atom is 0.135 e. The van der Waals surface area contributed by atoms with Crippen LogP contribution in [0.5, 0.6) is 0 Å². The summed E-state index contributed by atoms with van der Waals surface area (Å²) in [5.74, 6) is 0.872. The predicted molar refractivity (Wildman–Crippen MR) is 93.6 cm³/mol. The predicted octanol–water partition coefficient (Wildman–Crippen LogP) is 3.52. The second-order valence-electron chi connectivity index (χ2n) is 5.86. The molecule has 0 atom stereocenters. The zero-order chi connectivity index (χ0) is 16.0. The molecule has 0 spiro atoms. The second-order valence-corrected chi connectivity index (χ2v) is 6.27. The Hall–Kier alpha value is -2.33. The zero-order valence-electron chi connectivity index (χ0n) is 13.0. The number of aliphatic imine (C=N–C) groups is 1. The number of nitrogens with zero attached hydrogens (tertiary/aromatic N) is 4. The fourth-order valence-corrected chi connectivity index (χ4v) is 3.42. The van der Waals surface area contributed by atoms with Crippen molar-refractivity contribution in [3.05, 3.63) is 70.9 Å². The van der Waals surface area contributed by atoms with Crippen molar-refractivity contribution in [1.82, 2.24) is 14.5 Å². The van der Waals surface area contributed by atoms with Gasteiger partial charge in [0.2, 0.25) is 0 Å². The van der Waals surface area contributed by atoms with Crippen molar-refractivity contribution < 1.29 is 0 Å². The third kappa shape index (κ3) is 2.39. The van der Waals surface area contributed by atoms with E-state index in [0.29, 0.717) is 6.54 Å². The summed E-state index contributed by atoms with van der Waals surface area (Å²) in [6.07, 6.45) is 6.81. The average Bonchev–Trinajstić information content (AvgIpc) is 2.90. The summed E-state index contributed by atoms with van der Waals surface area (Å²) < 4.78 is 1.96. The molecule has 23 heavy (non-hydrogen) atoms. The second kappa shape index (κ2) is 5.39. The van der Waals surface area contributed by atoms with Gasteiger partial charge in [0, 0.05) is 35.1 Å². The lowest BCUT2D eigenvalue weighted by molar-refractivity contribution is 0.473. The third-order valence-corrected chi connectivity index (χ3v) is 4.67. The van der Waals surface area contributed by atoms with E-state index in [2.05, 4.69) is 28.6 Å². The van der Waals surface area contributed by atoms with Crippen LogP contribution in [0, 0.1) is 6.92 Å². The number of halogens is 1. The number of aryl methyl sites for hydroxylation is 1. The van der Waals surface area contributed by atoms with Crippen LogP contribution in [0.25, 0.3) is 5.70 Å². The Morgan fingerprint density at radius 3 is 2.96 bits per heavy atom. The van der Waals surface area contributed by atoms with Crippen molar-refractivity contribution >= 4 is 23.1 Å².